The number of nitrogens with zero attached hydrogens (tertiary/aromatic N) is 4. The molecule has 1 aliphatic rings. The van der Waals surface area contributed by atoms with Gasteiger partial charge in [0.2, 0.25) is 11.8 Å². The quantitative estimate of drug-likeness (QED) is 0.380. The molecule has 1 aliphatic heterocycles. The summed E-state index contributed by atoms with van der Waals surface area (Å²) in [5, 5.41) is 4.52. The molecule has 0 amide bonds. The van der Waals surface area contributed by atoms with Gasteiger partial charge in [-0.25, -0.2) is 9.97 Å². The standard InChI is InChI=1S/C26H31N5O2S/c1-4-15-33-24-23-22(29-26(30-24)31-13-11-27-12-14-31)21-17(5-2)16-20(28-25(21)34-23)18-7-9-19(10-8-18)32-6-3/h7-10,16,27H,4-6,11-15H2,1-3H3. The molecule has 0 spiro atoms. The number of aromatic nitrogens is 3. The fourth-order valence-corrected chi connectivity index (χ4v) is 5.40. The maximum Gasteiger partial charge on any atom is 0.236 e. The SMILES string of the molecule is CCCOc1nc(N2CCNCC2)nc2c1sc1nc(-c3ccc(OCC)cc3)cc(CC)c12. The van der Waals surface area contributed by atoms with Crippen molar-refractivity contribution < 1.29 is 9.47 Å². The lowest BCUT2D eigenvalue weighted by Crippen LogP contribution is -2.44. The van der Waals surface area contributed by atoms with Crippen LogP contribution < -0.4 is 19.7 Å². The van der Waals surface area contributed by atoms with Gasteiger partial charge >= 0.3 is 0 Å². The number of pyridine rings is 1. The second-order valence-electron chi connectivity index (χ2n) is 8.35. The molecule has 178 valence electrons. The molecule has 0 atom stereocenters. The van der Waals surface area contributed by atoms with Gasteiger partial charge in [-0.05, 0) is 55.7 Å². The Morgan fingerprint density at radius 1 is 1.00 bits per heavy atom. The summed E-state index contributed by atoms with van der Waals surface area (Å²) < 4.78 is 12.7. The van der Waals surface area contributed by atoms with E-state index in [-0.39, 0.29) is 0 Å². The highest BCUT2D eigenvalue weighted by Crippen LogP contribution is 2.41. The number of nitrogens with one attached hydrogen (secondary N) is 1. The lowest BCUT2D eigenvalue weighted by molar-refractivity contribution is 0.309. The van der Waals surface area contributed by atoms with Gasteiger partial charge in [-0.15, -0.1) is 11.3 Å². The van der Waals surface area contributed by atoms with Gasteiger partial charge < -0.3 is 19.7 Å². The van der Waals surface area contributed by atoms with Gasteiger partial charge in [0.15, 0.2) is 0 Å². The summed E-state index contributed by atoms with van der Waals surface area (Å²) in [7, 11) is 0. The third-order valence-electron chi connectivity index (χ3n) is 6.01. The second kappa shape index (κ2) is 10.1. The van der Waals surface area contributed by atoms with Gasteiger partial charge in [0.25, 0.3) is 0 Å². The Hall–Kier alpha value is -2.97. The minimum absolute atomic E-state index is 0.632. The summed E-state index contributed by atoms with van der Waals surface area (Å²) in [5.41, 5.74) is 4.24. The Bertz CT molecular complexity index is 1280. The third-order valence-corrected chi connectivity index (χ3v) is 7.07. The predicted octanol–water partition coefficient (Wildman–Crippen LogP) is 5.07. The van der Waals surface area contributed by atoms with E-state index in [0.29, 0.717) is 19.1 Å². The Morgan fingerprint density at radius 3 is 2.50 bits per heavy atom. The highest BCUT2D eigenvalue weighted by atomic mass is 32.1. The Labute approximate surface area is 204 Å². The number of ether oxygens (including phenoxy) is 2. The van der Waals surface area contributed by atoms with Crippen LogP contribution in [0.25, 0.3) is 31.7 Å². The van der Waals surface area contributed by atoms with E-state index in [1.165, 1.54) is 5.56 Å². The minimum atomic E-state index is 0.632. The van der Waals surface area contributed by atoms with Crippen LogP contribution >= 0.6 is 11.3 Å². The molecule has 8 heteroatoms. The number of rotatable bonds is 8. The third kappa shape index (κ3) is 4.40. The smallest absolute Gasteiger partial charge is 0.236 e. The summed E-state index contributed by atoms with van der Waals surface area (Å²) in [4.78, 5) is 18.2. The molecular weight excluding hydrogens is 446 g/mol. The molecule has 1 fully saturated rings. The van der Waals surface area contributed by atoms with Crippen LogP contribution in [0.1, 0.15) is 32.8 Å². The molecule has 5 rings (SSSR count). The summed E-state index contributed by atoms with van der Waals surface area (Å²) in [6.07, 6.45) is 1.83. The molecule has 4 heterocycles. The van der Waals surface area contributed by atoms with Crippen LogP contribution in [0.5, 0.6) is 11.6 Å². The first-order valence-electron chi connectivity index (χ1n) is 12.2. The van der Waals surface area contributed by atoms with Crippen LogP contribution in [0, 0.1) is 0 Å². The number of thiophene rings is 1. The fourth-order valence-electron chi connectivity index (χ4n) is 4.29. The Kier molecular flexibility index (Phi) is 6.78. The van der Waals surface area contributed by atoms with Gasteiger partial charge in [-0.2, -0.15) is 4.98 Å². The number of hydrogen-bond donors (Lipinski definition) is 1. The molecule has 0 radical (unpaired) electrons. The van der Waals surface area contributed by atoms with Crippen LogP contribution in [0.3, 0.4) is 0 Å². The molecular formula is C26H31N5O2S. The van der Waals surface area contributed by atoms with E-state index in [4.69, 9.17) is 24.4 Å². The van der Waals surface area contributed by atoms with Crippen LogP contribution in [0.15, 0.2) is 30.3 Å². The Morgan fingerprint density at radius 2 is 1.79 bits per heavy atom. The monoisotopic (exact) mass is 477 g/mol. The predicted molar refractivity (Wildman–Crippen MR) is 140 cm³/mol. The van der Waals surface area contributed by atoms with Crippen molar-refractivity contribution in [3.8, 4) is 22.9 Å². The molecule has 1 saturated heterocycles. The van der Waals surface area contributed by atoms with E-state index >= 15 is 0 Å². The maximum absolute atomic E-state index is 6.13. The normalized spacial score (nSPS) is 14.1. The molecule has 4 aromatic rings. The van der Waals surface area contributed by atoms with Gasteiger partial charge in [0, 0.05) is 37.1 Å². The number of fused-ring (bicyclic) bond motifs is 3. The van der Waals surface area contributed by atoms with Crippen molar-refractivity contribution >= 4 is 37.7 Å². The van der Waals surface area contributed by atoms with E-state index in [1.807, 2.05) is 19.1 Å². The van der Waals surface area contributed by atoms with Crippen LogP contribution in [0.4, 0.5) is 5.95 Å². The van der Waals surface area contributed by atoms with Crippen molar-refractivity contribution in [2.75, 3.05) is 44.3 Å². The van der Waals surface area contributed by atoms with Crippen LogP contribution in [0.2, 0.25) is 0 Å². The van der Waals surface area contributed by atoms with Gasteiger partial charge in [-0.1, -0.05) is 13.8 Å². The van der Waals surface area contributed by atoms with E-state index in [2.05, 4.69) is 42.3 Å². The van der Waals surface area contributed by atoms with Crippen molar-refractivity contribution in [3.63, 3.8) is 0 Å². The van der Waals surface area contributed by atoms with Gasteiger partial charge in [-0.3, -0.25) is 0 Å². The summed E-state index contributed by atoms with van der Waals surface area (Å²) >= 11 is 1.63. The molecule has 0 saturated carbocycles. The van der Waals surface area contributed by atoms with Gasteiger partial charge in [0.05, 0.1) is 18.9 Å². The average Bonchev–Trinajstić information content (AvgIpc) is 3.26. The van der Waals surface area contributed by atoms with E-state index in [9.17, 15) is 0 Å². The largest absolute Gasteiger partial charge is 0.494 e. The van der Waals surface area contributed by atoms with Crippen molar-refractivity contribution in [1.82, 2.24) is 20.3 Å². The second-order valence-corrected chi connectivity index (χ2v) is 9.35. The summed E-state index contributed by atoms with van der Waals surface area (Å²) in [6, 6.07) is 10.4. The average molecular weight is 478 g/mol. The summed E-state index contributed by atoms with van der Waals surface area (Å²) in [5.74, 6) is 2.30. The number of benzene rings is 1. The van der Waals surface area contributed by atoms with E-state index in [1.54, 1.807) is 11.3 Å². The first-order chi connectivity index (χ1) is 16.7. The van der Waals surface area contributed by atoms with Crippen molar-refractivity contribution in [2.45, 2.75) is 33.6 Å². The fraction of sp³-hybridized carbons (Fsp3) is 0.423. The molecule has 1 N–H and O–H groups in total. The molecule has 0 unspecified atom stereocenters. The highest BCUT2D eigenvalue weighted by Gasteiger charge is 2.22. The van der Waals surface area contributed by atoms with Crippen molar-refractivity contribution in [3.05, 3.63) is 35.9 Å². The van der Waals surface area contributed by atoms with Crippen molar-refractivity contribution in [1.29, 1.82) is 0 Å². The zero-order valence-corrected chi connectivity index (χ0v) is 20.9. The topological polar surface area (TPSA) is 72.4 Å². The zero-order valence-electron chi connectivity index (χ0n) is 20.1. The zero-order chi connectivity index (χ0) is 23.5. The number of hydrogen-bond acceptors (Lipinski definition) is 8. The Balaban J connectivity index is 1.66. The van der Waals surface area contributed by atoms with Crippen molar-refractivity contribution in [2.24, 2.45) is 0 Å². The van der Waals surface area contributed by atoms with Crippen LogP contribution in [-0.4, -0.2) is 54.3 Å². The first kappa shape index (κ1) is 22.8. The lowest BCUT2D eigenvalue weighted by Gasteiger charge is -2.27. The highest BCUT2D eigenvalue weighted by molar-refractivity contribution is 7.25. The number of aryl methyl sites for hydroxylation is 1. The molecule has 0 bridgehead atoms. The minimum Gasteiger partial charge on any atom is -0.494 e. The van der Waals surface area contributed by atoms with E-state index < -0.39 is 0 Å². The van der Waals surface area contributed by atoms with E-state index in [0.717, 1.165) is 82.4 Å². The molecule has 7 nitrogen and oxygen atoms in total. The number of piperazine rings is 1. The first-order valence-corrected chi connectivity index (χ1v) is 13.0. The lowest BCUT2D eigenvalue weighted by atomic mass is 10.0. The number of anilines is 1. The molecule has 34 heavy (non-hydrogen) atoms. The molecule has 0 aliphatic carbocycles. The maximum atomic E-state index is 6.13. The van der Waals surface area contributed by atoms with Gasteiger partial charge in [0.1, 0.15) is 20.8 Å². The molecule has 1 aromatic carbocycles. The summed E-state index contributed by atoms with van der Waals surface area (Å²) in [6.45, 7) is 11.2. The van der Waals surface area contributed by atoms with Crippen LogP contribution in [-0.2, 0) is 6.42 Å². The molecule has 3 aromatic heterocycles.